The molecule has 0 saturated carbocycles. The maximum atomic E-state index is 13.8. The van der Waals surface area contributed by atoms with E-state index >= 15 is 0 Å². The van der Waals surface area contributed by atoms with Crippen molar-refractivity contribution in [2.45, 2.75) is 12.6 Å². The quantitative estimate of drug-likeness (QED) is 0.379. The minimum Gasteiger partial charge on any atom is -0.493 e. The first kappa shape index (κ1) is 21.9. The molecule has 172 valence electrons. The Bertz CT molecular complexity index is 1350. The Labute approximate surface area is 203 Å². The van der Waals surface area contributed by atoms with Gasteiger partial charge in [-0.3, -0.25) is 0 Å². The van der Waals surface area contributed by atoms with Gasteiger partial charge in [0.15, 0.2) is 11.5 Å². The first-order chi connectivity index (χ1) is 16.6. The van der Waals surface area contributed by atoms with Crippen molar-refractivity contribution in [3.63, 3.8) is 0 Å². The van der Waals surface area contributed by atoms with Gasteiger partial charge in [0, 0.05) is 11.9 Å². The van der Waals surface area contributed by atoms with Crippen LogP contribution in [0.1, 0.15) is 22.9 Å². The van der Waals surface area contributed by atoms with Gasteiger partial charge in [0.05, 0.1) is 43.2 Å². The number of nitrogens with zero attached hydrogens (tertiary/aromatic N) is 2. The van der Waals surface area contributed by atoms with Gasteiger partial charge in [-0.15, -0.1) is 0 Å². The number of anilines is 1. The van der Waals surface area contributed by atoms with Gasteiger partial charge in [-0.1, -0.05) is 48.0 Å². The third-order valence-corrected chi connectivity index (χ3v) is 6.39. The third kappa shape index (κ3) is 3.86. The Morgan fingerprint density at radius 1 is 0.941 bits per heavy atom. The Morgan fingerprint density at radius 2 is 1.71 bits per heavy atom. The van der Waals surface area contributed by atoms with Crippen molar-refractivity contribution in [2.75, 3.05) is 19.5 Å². The van der Waals surface area contributed by atoms with Crippen LogP contribution in [0, 0.1) is 0 Å². The van der Waals surface area contributed by atoms with E-state index in [9.17, 15) is 4.79 Å². The molecule has 1 N–H and O–H groups in total. The van der Waals surface area contributed by atoms with Crippen LogP contribution in [-0.2, 0) is 6.54 Å². The predicted molar refractivity (Wildman–Crippen MR) is 133 cm³/mol. The topological polar surface area (TPSA) is 55.7 Å². The van der Waals surface area contributed by atoms with Gasteiger partial charge in [-0.05, 0) is 53.6 Å². The number of nitrogens with one attached hydrogen (secondary N) is 1. The average molecular weight is 474 g/mol. The molecular weight excluding hydrogens is 450 g/mol. The summed E-state index contributed by atoms with van der Waals surface area (Å²) in [5.41, 5.74) is 4.51. The summed E-state index contributed by atoms with van der Waals surface area (Å²) in [6.45, 7) is 0.410. The fourth-order valence-corrected chi connectivity index (χ4v) is 4.65. The van der Waals surface area contributed by atoms with E-state index in [4.69, 9.17) is 21.1 Å². The van der Waals surface area contributed by atoms with Gasteiger partial charge in [0.25, 0.3) is 0 Å². The van der Waals surface area contributed by atoms with Gasteiger partial charge in [-0.2, -0.15) is 0 Å². The first-order valence-corrected chi connectivity index (χ1v) is 11.3. The number of urea groups is 1. The minimum atomic E-state index is -0.385. The monoisotopic (exact) mass is 473 g/mol. The summed E-state index contributed by atoms with van der Waals surface area (Å²) in [6, 6.07) is 24.5. The molecule has 0 unspecified atom stereocenters. The molecule has 2 amide bonds. The lowest BCUT2D eigenvalue weighted by Gasteiger charge is -2.31. The highest BCUT2D eigenvalue weighted by Crippen LogP contribution is 2.40. The van der Waals surface area contributed by atoms with Crippen LogP contribution in [0.3, 0.4) is 0 Å². The second kappa shape index (κ2) is 9.15. The van der Waals surface area contributed by atoms with Crippen molar-refractivity contribution in [1.29, 1.82) is 0 Å². The molecule has 7 heteroatoms. The summed E-state index contributed by atoms with van der Waals surface area (Å²) >= 11 is 6.34. The van der Waals surface area contributed by atoms with Crippen LogP contribution in [0.4, 0.5) is 10.5 Å². The molecule has 0 bridgehead atoms. The van der Waals surface area contributed by atoms with Crippen LogP contribution < -0.4 is 14.8 Å². The summed E-state index contributed by atoms with van der Waals surface area (Å²) in [5.74, 6) is 1.23. The Morgan fingerprint density at radius 3 is 2.50 bits per heavy atom. The van der Waals surface area contributed by atoms with E-state index in [-0.39, 0.29) is 12.1 Å². The van der Waals surface area contributed by atoms with Crippen molar-refractivity contribution in [2.24, 2.45) is 0 Å². The molecule has 1 aliphatic rings. The average Bonchev–Trinajstić information content (AvgIpc) is 3.29. The number of amides is 2. The van der Waals surface area contributed by atoms with E-state index in [1.54, 1.807) is 26.4 Å². The van der Waals surface area contributed by atoms with Crippen LogP contribution in [0.2, 0.25) is 5.02 Å². The van der Waals surface area contributed by atoms with E-state index in [0.29, 0.717) is 28.8 Å². The van der Waals surface area contributed by atoms with Gasteiger partial charge >= 0.3 is 6.03 Å². The number of hydrogen-bond acceptors (Lipinski definition) is 3. The van der Waals surface area contributed by atoms with Crippen LogP contribution in [-0.4, -0.2) is 29.7 Å². The normalized spacial score (nSPS) is 14.6. The number of carbonyl (C=O) groups excluding carboxylic acids is 1. The smallest absolute Gasteiger partial charge is 0.323 e. The van der Waals surface area contributed by atoms with Crippen LogP contribution >= 0.6 is 11.6 Å². The standard InChI is InChI=1S/C27H24ClN3O3/c1-33-24-14-13-18(16-25(24)34-2)26-23-12-7-15-30(23)22-11-6-3-8-19(22)17-31(26)27(32)29-21-10-5-4-9-20(21)28/h3-16,26H,17H2,1-2H3,(H,29,32)/t26-/m1/s1. The van der Waals surface area contributed by atoms with Gasteiger partial charge < -0.3 is 24.3 Å². The molecule has 2 heterocycles. The van der Waals surface area contributed by atoms with E-state index in [1.165, 1.54) is 0 Å². The molecule has 3 aromatic carbocycles. The zero-order valence-corrected chi connectivity index (χ0v) is 19.6. The number of fused-ring (bicyclic) bond motifs is 3. The molecular formula is C27H24ClN3O3. The molecule has 5 rings (SSSR count). The fourth-order valence-electron chi connectivity index (χ4n) is 4.46. The zero-order valence-electron chi connectivity index (χ0n) is 18.9. The summed E-state index contributed by atoms with van der Waals surface area (Å²) < 4.78 is 13.1. The molecule has 0 aliphatic carbocycles. The van der Waals surface area contributed by atoms with E-state index in [2.05, 4.69) is 16.0 Å². The van der Waals surface area contributed by atoms with Gasteiger partial charge in [0.1, 0.15) is 0 Å². The number of methoxy groups -OCH3 is 2. The van der Waals surface area contributed by atoms with E-state index in [1.807, 2.05) is 71.8 Å². The molecule has 1 aliphatic heterocycles. The SMILES string of the molecule is COc1ccc([C@@H]2c3cccn3-c3ccccc3CN2C(=O)Nc2ccccc2Cl)cc1OC. The Hall–Kier alpha value is -3.90. The molecule has 0 spiro atoms. The number of hydrogen-bond donors (Lipinski definition) is 1. The highest BCUT2D eigenvalue weighted by Gasteiger charge is 2.33. The van der Waals surface area contributed by atoms with Gasteiger partial charge in [0.2, 0.25) is 0 Å². The molecule has 0 saturated heterocycles. The fraction of sp³-hybridized carbons (Fsp3) is 0.148. The molecule has 0 radical (unpaired) electrons. The lowest BCUT2D eigenvalue weighted by Crippen LogP contribution is -2.38. The molecule has 6 nitrogen and oxygen atoms in total. The van der Waals surface area contributed by atoms with Crippen molar-refractivity contribution < 1.29 is 14.3 Å². The summed E-state index contributed by atoms with van der Waals surface area (Å²) in [7, 11) is 3.21. The number of aromatic nitrogens is 1. The maximum Gasteiger partial charge on any atom is 0.323 e. The molecule has 34 heavy (non-hydrogen) atoms. The Balaban J connectivity index is 1.66. The van der Waals surface area contributed by atoms with Crippen molar-refractivity contribution >= 4 is 23.3 Å². The van der Waals surface area contributed by atoms with Crippen LogP contribution in [0.25, 0.3) is 5.69 Å². The van der Waals surface area contributed by atoms with Crippen molar-refractivity contribution in [3.8, 4) is 17.2 Å². The van der Waals surface area contributed by atoms with E-state index in [0.717, 1.165) is 22.5 Å². The largest absolute Gasteiger partial charge is 0.493 e. The Kier molecular flexibility index (Phi) is 5.90. The number of ether oxygens (including phenoxy) is 2. The zero-order chi connectivity index (χ0) is 23.7. The molecule has 1 atom stereocenters. The van der Waals surface area contributed by atoms with Gasteiger partial charge in [-0.25, -0.2) is 4.79 Å². The number of para-hydroxylation sites is 2. The molecule has 1 aromatic heterocycles. The predicted octanol–water partition coefficient (Wildman–Crippen LogP) is 6.29. The second-order valence-electron chi connectivity index (χ2n) is 7.99. The highest BCUT2D eigenvalue weighted by atomic mass is 35.5. The maximum absolute atomic E-state index is 13.8. The lowest BCUT2D eigenvalue weighted by molar-refractivity contribution is 0.194. The molecule has 4 aromatic rings. The van der Waals surface area contributed by atoms with Crippen molar-refractivity contribution in [3.05, 3.63) is 107 Å². The number of halogens is 1. The number of benzene rings is 3. The number of rotatable bonds is 4. The molecule has 0 fully saturated rings. The number of carbonyl (C=O) groups is 1. The van der Waals surface area contributed by atoms with Crippen molar-refractivity contribution in [1.82, 2.24) is 9.47 Å². The first-order valence-electron chi connectivity index (χ1n) is 10.9. The van der Waals surface area contributed by atoms with Crippen LogP contribution in [0.15, 0.2) is 85.1 Å². The second-order valence-corrected chi connectivity index (χ2v) is 8.39. The summed E-state index contributed by atoms with van der Waals surface area (Å²) in [6.07, 6.45) is 2.03. The highest BCUT2D eigenvalue weighted by molar-refractivity contribution is 6.33. The summed E-state index contributed by atoms with van der Waals surface area (Å²) in [5, 5.41) is 3.49. The third-order valence-electron chi connectivity index (χ3n) is 6.06. The van der Waals surface area contributed by atoms with E-state index < -0.39 is 0 Å². The lowest BCUT2D eigenvalue weighted by atomic mass is 10.0. The minimum absolute atomic E-state index is 0.252. The summed E-state index contributed by atoms with van der Waals surface area (Å²) in [4.78, 5) is 15.6. The van der Waals surface area contributed by atoms with Crippen LogP contribution in [0.5, 0.6) is 11.5 Å².